The third kappa shape index (κ3) is 3.41. The number of rotatable bonds is 3. The van der Waals surface area contributed by atoms with Crippen molar-refractivity contribution in [3.8, 4) is 0 Å². The fourth-order valence-electron chi connectivity index (χ4n) is 4.65. The number of ether oxygens (including phenoxy) is 1. The molecule has 5 nitrogen and oxygen atoms in total. The summed E-state index contributed by atoms with van der Waals surface area (Å²) in [4.78, 5) is 13.1. The van der Waals surface area contributed by atoms with E-state index < -0.39 is 0 Å². The Bertz CT molecular complexity index is 817. The molecular formula is C21H26N4OS. The molecule has 0 radical (unpaired) electrons. The lowest BCUT2D eigenvalue weighted by Gasteiger charge is -2.38. The molecule has 2 fully saturated rings. The summed E-state index contributed by atoms with van der Waals surface area (Å²) in [5, 5.41) is 4.40. The number of nitrogens with zero attached hydrogens (tertiary/aromatic N) is 3. The third-order valence-electron chi connectivity index (χ3n) is 6.20. The van der Waals surface area contributed by atoms with Crippen LogP contribution in [0.1, 0.15) is 31.7 Å². The molecule has 27 heavy (non-hydrogen) atoms. The molecule has 3 aliphatic heterocycles. The summed E-state index contributed by atoms with van der Waals surface area (Å²) < 4.78 is 5.84. The molecule has 1 N–H and O–H groups in total. The predicted octanol–water partition coefficient (Wildman–Crippen LogP) is 3.99. The SMILES string of the molecule is C[C@H]1CC2(CCN(c3cnc(Sc4cccc5c4CCN5)cn3)CC2)CO1. The summed E-state index contributed by atoms with van der Waals surface area (Å²) in [6.45, 7) is 6.25. The van der Waals surface area contributed by atoms with Crippen molar-refractivity contribution in [2.24, 2.45) is 5.41 Å². The van der Waals surface area contributed by atoms with Crippen LogP contribution in [0.2, 0.25) is 0 Å². The van der Waals surface area contributed by atoms with Crippen molar-refractivity contribution in [2.75, 3.05) is 36.5 Å². The molecule has 5 rings (SSSR count). The van der Waals surface area contributed by atoms with Gasteiger partial charge in [0.1, 0.15) is 10.8 Å². The quantitative estimate of drug-likeness (QED) is 0.866. The summed E-state index contributed by atoms with van der Waals surface area (Å²) in [6.07, 6.45) is 8.96. The van der Waals surface area contributed by atoms with Gasteiger partial charge in [0.05, 0.1) is 25.1 Å². The van der Waals surface area contributed by atoms with Gasteiger partial charge in [-0.15, -0.1) is 0 Å². The number of piperidine rings is 1. The second kappa shape index (κ2) is 6.99. The average Bonchev–Trinajstić information content (AvgIpc) is 3.31. The van der Waals surface area contributed by atoms with E-state index in [1.54, 1.807) is 11.8 Å². The summed E-state index contributed by atoms with van der Waals surface area (Å²) in [6, 6.07) is 6.44. The Morgan fingerprint density at radius 2 is 2.11 bits per heavy atom. The molecule has 0 unspecified atom stereocenters. The van der Waals surface area contributed by atoms with Crippen LogP contribution in [0.3, 0.4) is 0 Å². The first kappa shape index (κ1) is 17.3. The van der Waals surface area contributed by atoms with Gasteiger partial charge in [0.2, 0.25) is 0 Å². The lowest BCUT2D eigenvalue weighted by Crippen LogP contribution is -2.41. The molecule has 4 heterocycles. The van der Waals surface area contributed by atoms with Crippen LogP contribution in [0, 0.1) is 5.41 Å². The maximum absolute atomic E-state index is 5.84. The predicted molar refractivity (Wildman–Crippen MR) is 109 cm³/mol. The topological polar surface area (TPSA) is 50.3 Å². The number of hydrogen-bond donors (Lipinski definition) is 1. The van der Waals surface area contributed by atoms with Crippen LogP contribution in [0.15, 0.2) is 40.5 Å². The minimum Gasteiger partial charge on any atom is -0.384 e. The zero-order valence-electron chi connectivity index (χ0n) is 15.8. The smallest absolute Gasteiger partial charge is 0.147 e. The van der Waals surface area contributed by atoms with Gasteiger partial charge in [-0.05, 0) is 55.7 Å². The van der Waals surface area contributed by atoms with Gasteiger partial charge in [0.25, 0.3) is 0 Å². The Kier molecular flexibility index (Phi) is 4.48. The van der Waals surface area contributed by atoms with E-state index in [2.05, 4.69) is 40.3 Å². The summed E-state index contributed by atoms with van der Waals surface area (Å²) in [5.74, 6) is 1.00. The summed E-state index contributed by atoms with van der Waals surface area (Å²) >= 11 is 1.72. The Morgan fingerprint density at radius 3 is 2.85 bits per heavy atom. The zero-order chi connectivity index (χ0) is 18.3. The first-order valence-corrected chi connectivity index (χ1v) is 10.7. The van der Waals surface area contributed by atoms with Gasteiger partial charge in [-0.3, -0.25) is 0 Å². The highest BCUT2D eigenvalue weighted by Crippen LogP contribution is 2.42. The van der Waals surface area contributed by atoms with Gasteiger partial charge in [0.15, 0.2) is 0 Å². The first-order valence-electron chi connectivity index (χ1n) is 9.93. The van der Waals surface area contributed by atoms with Crippen molar-refractivity contribution in [1.29, 1.82) is 0 Å². The average molecular weight is 383 g/mol. The molecule has 1 aromatic carbocycles. The molecule has 1 atom stereocenters. The Morgan fingerprint density at radius 1 is 1.22 bits per heavy atom. The highest BCUT2D eigenvalue weighted by Gasteiger charge is 2.41. The Balaban J connectivity index is 1.24. The zero-order valence-corrected chi connectivity index (χ0v) is 16.6. The molecule has 2 aromatic rings. The number of hydrogen-bond acceptors (Lipinski definition) is 6. The van der Waals surface area contributed by atoms with E-state index >= 15 is 0 Å². The van der Waals surface area contributed by atoms with Crippen molar-refractivity contribution in [3.05, 3.63) is 36.2 Å². The van der Waals surface area contributed by atoms with E-state index in [-0.39, 0.29) is 0 Å². The molecule has 6 heteroatoms. The molecule has 0 bridgehead atoms. The highest BCUT2D eigenvalue weighted by atomic mass is 32.2. The summed E-state index contributed by atoms with van der Waals surface area (Å²) in [5.41, 5.74) is 3.07. The van der Waals surface area contributed by atoms with E-state index in [4.69, 9.17) is 9.72 Å². The van der Waals surface area contributed by atoms with Gasteiger partial charge >= 0.3 is 0 Å². The van der Waals surface area contributed by atoms with Crippen LogP contribution in [0.25, 0.3) is 0 Å². The fourth-order valence-corrected chi connectivity index (χ4v) is 5.57. The van der Waals surface area contributed by atoms with E-state index in [1.807, 2.05) is 12.4 Å². The molecular weight excluding hydrogens is 356 g/mol. The minimum absolute atomic E-state index is 0.404. The first-order chi connectivity index (χ1) is 13.2. The summed E-state index contributed by atoms with van der Waals surface area (Å²) in [7, 11) is 0. The van der Waals surface area contributed by atoms with Crippen LogP contribution in [-0.4, -0.2) is 42.3 Å². The van der Waals surface area contributed by atoms with E-state index in [0.29, 0.717) is 11.5 Å². The number of fused-ring (bicyclic) bond motifs is 1. The molecule has 1 spiro atoms. The lowest BCUT2D eigenvalue weighted by atomic mass is 9.77. The van der Waals surface area contributed by atoms with Crippen LogP contribution in [0.4, 0.5) is 11.5 Å². The molecule has 0 aliphatic carbocycles. The molecule has 0 amide bonds. The third-order valence-corrected chi connectivity index (χ3v) is 7.22. The lowest BCUT2D eigenvalue weighted by molar-refractivity contribution is 0.0976. The highest BCUT2D eigenvalue weighted by molar-refractivity contribution is 7.99. The molecule has 2 saturated heterocycles. The molecule has 3 aliphatic rings. The number of aromatic nitrogens is 2. The number of benzene rings is 1. The Labute approximate surface area is 164 Å². The van der Waals surface area contributed by atoms with Gasteiger partial charge in [-0.2, -0.15) is 0 Å². The number of nitrogens with one attached hydrogen (secondary N) is 1. The van der Waals surface area contributed by atoms with Crippen LogP contribution in [-0.2, 0) is 11.2 Å². The van der Waals surface area contributed by atoms with Crippen molar-refractivity contribution >= 4 is 23.3 Å². The van der Waals surface area contributed by atoms with E-state index in [1.165, 1.54) is 35.4 Å². The van der Waals surface area contributed by atoms with Crippen molar-refractivity contribution in [3.63, 3.8) is 0 Å². The van der Waals surface area contributed by atoms with Crippen molar-refractivity contribution < 1.29 is 4.74 Å². The van der Waals surface area contributed by atoms with E-state index in [0.717, 1.165) is 43.5 Å². The second-order valence-electron chi connectivity index (χ2n) is 8.09. The largest absolute Gasteiger partial charge is 0.384 e. The molecule has 1 aromatic heterocycles. The van der Waals surface area contributed by atoms with Crippen LogP contribution < -0.4 is 10.2 Å². The van der Waals surface area contributed by atoms with Gasteiger partial charge in [-0.1, -0.05) is 17.8 Å². The molecule has 0 saturated carbocycles. The van der Waals surface area contributed by atoms with Gasteiger partial charge < -0.3 is 15.0 Å². The maximum Gasteiger partial charge on any atom is 0.147 e. The van der Waals surface area contributed by atoms with Crippen LogP contribution in [0.5, 0.6) is 0 Å². The normalized spacial score (nSPS) is 23.4. The van der Waals surface area contributed by atoms with E-state index in [9.17, 15) is 0 Å². The van der Waals surface area contributed by atoms with Crippen molar-refractivity contribution in [2.45, 2.75) is 48.6 Å². The minimum atomic E-state index is 0.404. The van der Waals surface area contributed by atoms with Gasteiger partial charge in [0, 0.05) is 30.2 Å². The monoisotopic (exact) mass is 382 g/mol. The van der Waals surface area contributed by atoms with Crippen LogP contribution >= 0.6 is 11.8 Å². The van der Waals surface area contributed by atoms with Crippen molar-refractivity contribution in [1.82, 2.24) is 9.97 Å². The molecule has 142 valence electrons. The van der Waals surface area contributed by atoms with Gasteiger partial charge in [-0.25, -0.2) is 9.97 Å². The fraction of sp³-hybridized carbons (Fsp3) is 0.524. The second-order valence-corrected chi connectivity index (χ2v) is 9.15. The maximum atomic E-state index is 5.84. The standard InChI is InChI=1S/C21H26N4OS/c1-15-11-21(14-26-15)6-9-25(10-7-21)19-12-24-20(13-23-19)27-18-4-2-3-17-16(18)5-8-22-17/h2-4,12-13,15,22H,5-11,14H2,1H3/t15-/m0/s1. The Hall–Kier alpha value is -1.79. The number of anilines is 2.